The van der Waals surface area contributed by atoms with E-state index in [0.717, 1.165) is 11.7 Å². The van der Waals surface area contributed by atoms with Crippen LogP contribution in [0.5, 0.6) is 0 Å². The van der Waals surface area contributed by atoms with E-state index in [9.17, 15) is 0 Å². The number of nitrogens with zero attached hydrogens (tertiary/aromatic N) is 2. The molecular formula is C10H21BN2O3Si. The van der Waals surface area contributed by atoms with E-state index in [2.05, 4.69) is 24.7 Å². The van der Waals surface area contributed by atoms with Crippen LogP contribution in [0.4, 0.5) is 0 Å². The molecule has 0 bridgehead atoms. The minimum absolute atomic E-state index is 0.269. The van der Waals surface area contributed by atoms with Gasteiger partial charge in [0.2, 0.25) is 0 Å². The first-order valence-electron chi connectivity index (χ1n) is 5.78. The molecule has 0 fully saturated rings. The van der Waals surface area contributed by atoms with Crippen LogP contribution in [0.3, 0.4) is 0 Å². The van der Waals surface area contributed by atoms with Gasteiger partial charge in [-0.05, 0) is 19.0 Å². The molecule has 5 nitrogen and oxygen atoms in total. The van der Waals surface area contributed by atoms with Crippen LogP contribution in [0.2, 0.25) is 25.7 Å². The van der Waals surface area contributed by atoms with Gasteiger partial charge < -0.3 is 14.8 Å². The molecule has 96 valence electrons. The van der Waals surface area contributed by atoms with Crippen molar-refractivity contribution in [2.24, 2.45) is 0 Å². The van der Waals surface area contributed by atoms with Gasteiger partial charge in [-0.1, -0.05) is 19.6 Å². The normalized spacial score (nSPS) is 11.9. The molecular weight excluding hydrogens is 235 g/mol. The second-order valence-corrected chi connectivity index (χ2v) is 11.1. The molecule has 0 spiro atoms. The van der Waals surface area contributed by atoms with Gasteiger partial charge in [0.15, 0.2) is 0 Å². The molecule has 1 aromatic rings. The van der Waals surface area contributed by atoms with Gasteiger partial charge in [0, 0.05) is 14.7 Å². The molecule has 17 heavy (non-hydrogen) atoms. The summed E-state index contributed by atoms with van der Waals surface area (Å²) in [5, 5.41) is 22.4. The summed E-state index contributed by atoms with van der Waals surface area (Å²) in [6.07, 6.45) is 0. The molecule has 0 saturated heterocycles. The van der Waals surface area contributed by atoms with E-state index in [4.69, 9.17) is 14.8 Å². The summed E-state index contributed by atoms with van der Waals surface area (Å²) in [5.74, 6) is 0. The molecule has 0 aliphatic heterocycles. The quantitative estimate of drug-likeness (QED) is 0.563. The lowest BCUT2D eigenvalue weighted by Crippen LogP contribution is -2.37. The number of hydrogen-bond acceptors (Lipinski definition) is 4. The summed E-state index contributed by atoms with van der Waals surface area (Å²) in [5.41, 5.74) is 1.12. The van der Waals surface area contributed by atoms with Crippen LogP contribution in [0, 0.1) is 6.92 Å². The van der Waals surface area contributed by atoms with Crippen LogP contribution in [0.1, 0.15) is 5.69 Å². The highest BCUT2D eigenvalue weighted by atomic mass is 28.3. The van der Waals surface area contributed by atoms with Gasteiger partial charge in [0.05, 0.1) is 11.3 Å². The van der Waals surface area contributed by atoms with E-state index in [0.29, 0.717) is 12.2 Å². The molecule has 2 N–H and O–H groups in total. The number of ether oxygens (including phenoxy) is 1. The molecule has 7 heteroatoms. The zero-order valence-electron chi connectivity index (χ0n) is 11.0. The Bertz CT molecular complexity index is 363. The van der Waals surface area contributed by atoms with Gasteiger partial charge >= 0.3 is 7.12 Å². The third kappa shape index (κ3) is 5.03. The van der Waals surface area contributed by atoms with Crippen molar-refractivity contribution in [3.8, 4) is 0 Å². The Balaban J connectivity index is 2.46. The minimum Gasteiger partial charge on any atom is -0.422 e. The first-order chi connectivity index (χ1) is 7.79. The lowest BCUT2D eigenvalue weighted by atomic mass is 9.86. The molecule has 1 aromatic heterocycles. The lowest BCUT2D eigenvalue weighted by Gasteiger charge is -2.15. The largest absolute Gasteiger partial charge is 0.507 e. The van der Waals surface area contributed by atoms with Gasteiger partial charge in [0.1, 0.15) is 6.73 Å². The van der Waals surface area contributed by atoms with Crippen molar-refractivity contribution in [3.63, 3.8) is 0 Å². The van der Waals surface area contributed by atoms with E-state index in [1.54, 1.807) is 6.07 Å². The molecule has 0 saturated carbocycles. The number of rotatable bonds is 6. The monoisotopic (exact) mass is 256 g/mol. The van der Waals surface area contributed by atoms with Crippen LogP contribution >= 0.6 is 0 Å². The molecule has 0 atom stereocenters. The van der Waals surface area contributed by atoms with E-state index >= 15 is 0 Å². The van der Waals surface area contributed by atoms with E-state index < -0.39 is 15.2 Å². The fourth-order valence-corrected chi connectivity index (χ4v) is 2.16. The van der Waals surface area contributed by atoms with Crippen LogP contribution < -0.4 is 5.59 Å². The molecule has 1 heterocycles. The summed E-state index contributed by atoms with van der Waals surface area (Å²) < 4.78 is 7.00. The fourth-order valence-electron chi connectivity index (χ4n) is 1.41. The van der Waals surface area contributed by atoms with Crippen molar-refractivity contribution in [2.45, 2.75) is 39.3 Å². The van der Waals surface area contributed by atoms with E-state index in [1.165, 1.54) is 4.68 Å². The van der Waals surface area contributed by atoms with E-state index in [-0.39, 0.29) is 6.73 Å². The zero-order valence-corrected chi connectivity index (χ0v) is 12.0. The topological polar surface area (TPSA) is 67.5 Å². The summed E-state index contributed by atoms with van der Waals surface area (Å²) in [7, 11) is -2.58. The van der Waals surface area contributed by atoms with Gasteiger partial charge in [-0.3, -0.25) is 0 Å². The van der Waals surface area contributed by atoms with Crippen LogP contribution in [0.25, 0.3) is 0 Å². The third-order valence-corrected chi connectivity index (χ3v) is 4.11. The average Bonchev–Trinajstić information content (AvgIpc) is 2.53. The second kappa shape index (κ2) is 5.81. The van der Waals surface area contributed by atoms with Crippen LogP contribution in [-0.2, 0) is 11.5 Å². The molecule has 0 aliphatic rings. The minimum atomic E-state index is -1.50. The number of aryl methyl sites for hydroxylation is 1. The van der Waals surface area contributed by atoms with Crippen molar-refractivity contribution in [3.05, 3.63) is 11.8 Å². The van der Waals surface area contributed by atoms with Crippen molar-refractivity contribution >= 4 is 20.8 Å². The third-order valence-electron chi connectivity index (χ3n) is 2.41. The predicted octanol–water partition coefficient (Wildman–Crippen LogP) is 0.184. The Morgan fingerprint density at radius 2 is 2.06 bits per heavy atom. The van der Waals surface area contributed by atoms with E-state index in [1.807, 2.05) is 6.92 Å². The second-order valence-electron chi connectivity index (χ2n) is 5.43. The van der Waals surface area contributed by atoms with Gasteiger partial charge in [-0.15, -0.1) is 0 Å². The summed E-state index contributed by atoms with van der Waals surface area (Å²) in [6, 6.07) is 2.73. The molecule has 0 radical (unpaired) electrons. The average molecular weight is 256 g/mol. The Kier molecular flexibility index (Phi) is 4.93. The SMILES string of the molecule is Cc1cc(B(O)O)n(COCC[Si](C)(C)C)n1. The highest BCUT2D eigenvalue weighted by molar-refractivity contribution is 6.76. The first-order valence-corrected chi connectivity index (χ1v) is 9.48. The molecule has 0 aliphatic carbocycles. The fraction of sp³-hybridized carbons (Fsp3) is 0.700. The number of aromatic nitrogens is 2. The van der Waals surface area contributed by atoms with Gasteiger partial charge in [-0.25, -0.2) is 4.68 Å². The van der Waals surface area contributed by atoms with Gasteiger partial charge in [0.25, 0.3) is 0 Å². The molecule has 0 aromatic carbocycles. The number of hydrogen-bond donors (Lipinski definition) is 2. The lowest BCUT2D eigenvalue weighted by molar-refractivity contribution is 0.0800. The Labute approximate surface area is 104 Å². The van der Waals surface area contributed by atoms with Crippen LogP contribution in [-0.4, -0.2) is 41.6 Å². The molecule has 0 amide bonds. The smallest absolute Gasteiger partial charge is 0.422 e. The Hall–Kier alpha value is -0.628. The first kappa shape index (κ1) is 14.4. The van der Waals surface area contributed by atoms with Crippen LogP contribution in [0.15, 0.2) is 6.07 Å². The molecule has 1 rings (SSSR count). The maximum Gasteiger partial charge on any atom is 0.507 e. The molecule has 0 unspecified atom stereocenters. The van der Waals surface area contributed by atoms with Gasteiger partial charge in [-0.2, -0.15) is 5.10 Å². The van der Waals surface area contributed by atoms with Crippen molar-refractivity contribution in [2.75, 3.05) is 6.61 Å². The standard InChI is InChI=1S/C10H21BN2O3Si/c1-9-7-10(11(14)15)13(12-9)8-16-5-6-17(2,3)4/h7,14-15H,5-6,8H2,1-4H3. The maximum atomic E-state index is 9.15. The van der Waals surface area contributed by atoms with Crippen molar-refractivity contribution in [1.29, 1.82) is 0 Å². The summed E-state index contributed by atoms with van der Waals surface area (Å²) in [4.78, 5) is 0. The highest BCUT2D eigenvalue weighted by Crippen LogP contribution is 2.07. The Morgan fingerprint density at radius 1 is 1.41 bits per heavy atom. The predicted molar refractivity (Wildman–Crippen MR) is 70.9 cm³/mol. The Morgan fingerprint density at radius 3 is 2.59 bits per heavy atom. The van der Waals surface area contributed by atoms with Crippen molar-refractivity contribution in [1.82, 2.24) is 9.78 Å². The highest BCUT2D eigenvalue weighted by Gasteiger charge is 2.18. The zero-order chi connectivity index (χ0) is 13.1. The summed E-state index contributed by atoms with van der Waals surface area (Å²) >= 11 is 0. The maximum absolute atomic E-state index is 9.15. The summed E-state index contributed by atoms with van der Waals surface area (Å²) in [6.45, 7) is 9.64. The van der Waals surface area contributed by atoms with Crippen molar-refractivity contribution < 1.29 is 14.8 Å².